The number of carbonyl (C=O) groups excluding carboxylic acids is 1. The number of aryl methyl sites for hydroxylation is 1. The van der Waals surface area contributed by atoms with Gasteiger partial charge in [-0.3, -0.25) is 19.4 Å². The fraction of sp³-hybridized carbons (Fsp3) is 0.375. The highest BCUT2D eigenvalue weighted by molar-refractivity contribution is 7.92. The van der Waals surface area contributed by atoms with Crippen LogP contribution in [0.3, 0.4) is 0 Å². The van der Waals surface area contributed by atoms with E-state index in [2.05, 4.69) is 14.6 Å². The van der Waals surface area contributed by atoms with E-state index in [0.717, 1.165) is 18.4 Å². The maximum atomic E-state index is 13.4. The van der Waals surface area contributed by atoms with Crippen LogP contribution in [-0.2, 0) is 16.6 Å². The first-order valence-electron chi connectivity index (χ1n) is 14.5. The summed E-state index contributed by atoms with van der Waals surface area (Å²) >= 11 is 0. The summed E-state index contributed by atoms with van der Waals surface area (Å²) in [6.07, 6.45) is 7.68. The van der Waals surface area contributed by atoms with Crippen molar-refractivity contribution in [3.05, 3.63) is 77.4 Å². The van der Waals surface area contributed by atoms with Crippen LogP contribution < -0.4 is 4.72 Å². The molecule has 0 atom stereocenters. The first-order valence-corrected chi connectivity index (χ1v) is 16.0. The molecule has 3 aromatic rings. The number of aliphatic imine (C=N–C) groups is 1. The van der Waals surface area contributed by atoms with E-state index in [1.807, 2.05) is 19.2 Å². The molecule has 1 aliphatic heterocycles. The Hall–Kier alpha value is -3.89. The Kier molecular flexibility index (Phi) is 9.13. The molecule has 10 heteroatoms. The lowest BCUT2D eigenvalue weighted by Gasteiger charge is -2.35. The monoisotopic (exact) mass is 590 g/mol. The average Bonchev–Trinajstić information content (AvgIpc) is 2.99. The molecule has 3 N–H and O–H groups in total. The number of para-hydroxylation sites is 1. The zero-order valence-electron chi connectivity index (χ0n) is 23.9. The predicted molar refractivity (Wildman–Crippen MR) is 164 cm³/mol. The van der Waals surface area contributed by atoms with Crippen LogP contribution in [0.25, 0.3) is 0 Å². The lowest BCUT2D eigenvalue weighted by Crippen LogP contribution is -2.48. The Morgan fingerprint density at radius 1 is 0.976 bits per heavy atom. The van der Waals surface area contributed by atoms with Crippen LogP contribution in [0.15, 0.2) is 70.6 Å². The van der Waals surface area contributed by atoms with E-state index < -0.39 is 10.0 Å². The molecule has 0 bridgehead atoms. The minimum absolute atomic E-state index is 0.102. The van der Waals surface area contributed by atoms with Gasteiger partial charge in [0.15, 0.2) is 0 Å². The summed E-state index contributed by atoms with van der Waals surface area (Å²) < 4.78 is 29.4. The Morgan fingerprint density at radius 2 is 1.69 bits per heavy atom. The molecule has 1 amide bonds. The summed E-state index contributed by atoms with van der Waals surface area (Å²) in [5.74, 6) is 0.488. The van der Waals surface area contributed by atoms with Gasteiger partial charge in [0.1, 0.15) is 16.4 Å². The molecule has 9 nitrogen and oxygen atoms in total. The first kappa shape index (κ1) is 29.6. The van der Waals surface area contributed by atoms with Crippen molar-refractivity contribution in [1.29, 1.82) is 0 Å². The number of nitrogens with one attached hydrogen (secondary N) is 1. The van der Waals surface area contributed by atoms with Crippen molar-refractivity contribution in [2.24, 2.45) is 10.9 Å². The molecule has 2 fully saturated rings. The van der Waals surface area contributed by atoms with Gasteiger partial charge in [-0.25, -0.2) is 8.42 Å². The number of piperazine rings is 1. The second-order valence-corrected chi connectivity index (χ2v) is 12.8. The smallest absolute Gasteiger partial charge is 0.264 e. The maximum Gasteiger partial charge on any atom is 0.264 e. The molecular weight excluding hydrogens is 552 g/mol. The fourth-order valence-corrected chi connectivity index (χ4v) is 6.88. The van der Waals surface area contributed by atoms with Crippen molar-refractivity contribution < 1.29 is 23.4 Å². The van der Waals surface area contributed by atoms with Crippen molar-refractivity contribution in [3.63, 3.8) is 0 Å². The lowest BCUT2D eigenvalue weighted by molar-refractivity contribution is 0.0627. The number of hydrogen-bond donors (Lipinski definition) is 3. The number of nitrogens with zero attached hydrogens (tertiary/aromatic N) is 3. The van der Waals surface area contributed by atoms with Crippen LogP contribution >= 0.6 is 0 Å². The molecule has 1 saturated heterocycles. The first-order chi connectivity index (χ1) is 20.2. The molecule has 2 aliphatic rings. The SMILES string of the molecule is Cc1cccc(S(=O)(=O)Nc2ccc(C(=O)N3CCN(Cc4cc(O)ccc4O)CC3)cc2)c1N=CC1CCCCC1. The number of sulfonamides is 1. The fourth-order valence-electron chi connectivity index (χ4n) is 5.60. The molecule has 0 aromatic heterocycles. The largest absolute Gasteiger partial charge is 0.508 e. The third-order valence-corrected chi connectivity index (χ3v) is 9.47. The van der Waals surface area contributed by atoms with Crippen molar-refractivity contribution in [2.75, 3.05) is 30.9 Å². The number of anilines is 1. The third kappa shape index (κ3) is 7.11. The van der Waals surface area contributed by atoms with Gasteiger partial charge < -0.3 is 15.1 Å². The van der Waals surface area contributed by atoms with E-state index in [4.69, 9.17) is 0 Å². The maximum absolute atomic E-state index is 13.4. The highest BCUT2D eigenvalue weighted by atomic mass is 32.2. The molecule has 0 spiro atoms. The van der Waals surface area contributed by atoms with Crippen LogP contribution in [0.2, 0.25) is 0 Å². The van der Waals surface area contributed by atoms with Gasteiger partial charge in [-0.1, -0.05) is 31.4 Å². The minimum atomic E-state index is -3.91. The highest BCUT2D eigenvalue weighted by Gasteiger charge is 2.24. The van der Waals surface area contributed by atoms with Gasteiger partial charge in [0, 0.05) is 55.8 Å². The van der Waals surface area contributed by atoms with Gasteiger partial charge in [0.2, 0.25) is 0 Å². The Labute approximate surface area is 247 Å². The molecule has 0 radical (unpaired) electrons. The highest BCUT2D eigenvalue weighted by Crippen LogP contribution is 2.31. The number of hydrogen-bond acceptors (Lipinski definition) is 7. The standard InChI is InChI=1S/C32H38N4O5S/c1-23-6-5-9-30(31(23)33-21-24-7-3-2-4-8-24)42(40,41)34-27-12-10-25(11-13-27)32(39)36-18-16-35(17-19-36)22-26-20-28(37)14-15-29(26)38/h5-6,9-15,20-21,24,34,37-38H,2-4,7-8,16-19,22H2,1H3. The molecule has 42 heavy (non-hydrogen) atoms. The number of phenols is 2. The second-order valence-electron chi connectivity index (χ2n) is 11.2. The van der Waals surface area contributed by atoms with Crippen LogP contribution in [-0.4, -0.2) is 66.7 Å². The molecular formula is C32H38N4O5S. The predicted octanol–water partition coefficient (Wildman–Crippen LogP) is 5.45. The van der Waals surface area contributed by atoms with Crippen molar-refractivity contribution in [2.45, 2.75) is 50.5 Å². The number of phenolic OH excluding ortho intramolecular Hbond substituents is 2. The van der Waals surface area contributed by atoms with Gasteiger partial charge >= 0.3 is 0 Å². The topological polar surface area (TPSA) is 123 Å². The molecule has 3 aromatic carbocycles. The van der Waals surface area contributed by atoms with E-state index in [1.54, 1.807) is 47.4 Å². The van der Waals surface area contributed by atoms with E-state index in [-0.39, 0.29) is 22.3 Å². The second kappa shape index (κ2) is 13.0. The number of carbonyl (C=O) groups is 1. The number of rotatable bonds is 8. The van der Waals surface area contributed by atoms with Gasteiger partial charge in [0.05, 0.1) is 5.69 Å². The number of aromatic hydroxyl groups is 2. The molecule has 0 unspecified atom stereocenters. The molecule has 1 aliphatic carbocycles. The van der Waals surface area contributed by atoms with E-state index in [9.17, 15) is 23.4 Å². The summed E-state index contributed by atoms with van der Waals surface area (Å²) in [6.45, 7) is 4.63. The zero-order chi connectivity index (χ0) is 29.7. The Morgan fingerprint density at radius 3 is 2.40 bits per heavy atom. The lowest BCUT2D eigenvalue weighted by atomic mass is 9.90. The summed E-state index contributed by atoms with van der Waals surface area (Å²) in [6, 6.07) is 16.1. The Balaban J connectivity index is 1.21. The van der Waals surface area contributed by atoms with E-state index in [0.29, 0.717) is 61.1 Å². The van der Waals surface area contributed by atoms with Crippen molar-refractivity contribution >= 4 is 33.5 Å². The van der Waals surface area contributed by atoms with Gasteiger partial charge in [0.25, 0.3) is 15.9 Å². The molecule has 222 valence electrons. The van der Waals surface area contributed by atoms with Gasteiger partial charge in [-0.15, -0.1) is 0 Å². The third-order valence-electron chi connectivity index (χ3n) is 8.06. The molecule has 1 heterocycles. The zero-order valence-corrected chi connectivity index (χ0v) is 24.7. The van der Waals surface area contributed by atoms with Crippen LogP contribution in [0.4, 0.5) is 11.4 Å². The Bertz CT molecular complexity index is 1540. The van der Waals surface area contributed by atoms with Gasteiger partial charge in [-0.05, 0) is 79.8 Å². The summed E-state index contributed by atoms with van der Waals surface area (Å²) in [4.78, 5) is 21.8. The van der Waals surface area contributed by atoms with Crippen LogP contribution in [0, 0.1) is 12.8 Å². The van der Waals surface area contributed by atoms with E-state index in [1.165, 1.54) is 31.4 Å². The quantitative estimate of drug-likeness (QED) is 0.237. The summed E-state index contributed by atoms with van der Waals surface area (Å²) in [5.41, 5.74) is 2.74. The van der Waals surface area contributed by atoms with E-state index >= 15 is 0 Å². The van der Waals surface area contributed by atoms with Crippen LogP contribution in [0.5, 0.6) is 11.5 Å². The summed E-state index contributed by atoms with van der Waals surface area (Å²) in [7, 11) is -3.91. The van der Waals surface area contributed by atoms with Crippen molar-refractivity contribution in [3.8, 4) is 11.5 Å². The van der Waals surface area contributed by atoms with Gasteiger partial charge in [-0.2, -0.15) is 0 Å². The minimum Gasteiger partial charge on any atom is -0.508 e. The summed E-state index contributed by atoms with van der Waals surface area (Å²) in [5, 5.41) is 19.8. The molecule has 1 saturated carbocycles. The average molecular weight is 591 g/mol. The molecule has 5 rings (SSSR count). The normalized spacial score (nSPS) is 17.0. The van der Waals surface area contributed by atoms with Crippen molar-refractivity contribution in [1.82, 2.24) is 9.80 Å². The number of benzene rings is 3. The number of amides is 1. The van der Waals surface area contributed by atoms with Crippen LogP contribution in [0.1, 0.15) is 53.6 Å².